The van der Waals surface area contributed by atoms with Gasteiger partial charge in [-0.15, -0.1) is 0 Å². The van der Waals surface area contributed by atoms with Gasteiger partial charge in [-0.3, -0.25) is 0 Å². The molecular formula is C17H25NO5S. The zero-order valence-electron chi connectivity index (χ0n) is 14.1. The Hall–Kier alpha value is -0.990. The molecule has 6 nitrogen and oxygen atoms in total. The molecule has 134 valence electrons. The van der Waals surface area contributed by atoms with Crippen molar-refractivity contribution in [2.75, 3.05) is 20.3 Å². The molecule has 2 aliphatic rings. The van der Waals surface area contributed by atoms with E-state index in [0.29, 0.717) is 26.1 Å². The summed E-state index contributed by atoms with van der Waals surface area (Å²) in [7, 11) is -2.10. The van der Waals surface area contributed by atoms with E-state index >= 15 is 0 Å². The van der Waals surface area contributed by atoms with Gasteiger partial charge in [-0.05, 0) is 38.3 Å². The summed E-state index contributed by atoms with van der Waals surface area (Å²) in [4.78, 5) is 0.248. The highest BCUT2D eigenvalue weighted by Gasteiger charge is 2.41. The fraction of sp³-hybridized carbons (Fsp3) is 0.647. The van der Waals surface area contributed by atoms with Gasteiger partial charge in [0.2, 0.25) is 10.0 Å². The number of rotatable bonds is 4. The van der Waals surface area contributed by atoms with Crippen molar-refractivity contribution in [2.24, 2.45) is 5.92 Å². The highest BCUT2D eigenvalue weighted by Crippen LogP contribution is 2.34. The number of benzene rings is 1. The minimum atomic E-state index is -3.64. The molecule has 0 aromatic heterocycles. The van der Waals surface area contributed by atoms with Gasteiger partial charge in [-0.25, -0.2) is 8.42 Å². The lowest BCUT2D eigenvalue weighted by atomic mass is 9.83. The number of aryl methyl sites for hydroxylation is 1. The zero-order chi connectivity index (χ0) is 17.3. The highest BCUT2D eigenvalue weighted by atomic mass is 32.2. The van der Waals surface area contributed by atoms with Crippen molar-refractivity contribution >= 4 is 10.0 Å². The van der Waals surface area contributed by atoms with Gasteiger partial charge < -0.3 is 14.6 Å². The predicted octanol–water partition coefficient (Wildman–Crippen LogP) is 1.52. The van der Waals surface area contributed by atoms with E-state index in [1.165, 1.54) is 4.31 Å². The average molecular weight is 355 g/mol. The standard InChI is InChI=1S/C17H25NO5S/c1-12-3-6-14(7-4-12)24(20,21)18(2)15-11-13(5-8-16(15)19)17-22-9-10-23-17/h3-4,6-7,13,15-17,19H,5,8-11H2,1-2H3/t13-,15+,16-/m0/s1. The summed E-state index contributed by atoms with van der Waals surface area (Å²) in [6, 6.07) is 6.30. The lowest BCUT2D eigenvalue weighted by Gasteiger charge is -2.39. The summed E-state index contributed by atoms with van der Waals surface area (Å²) in [5.74, 6) is 0.108. The Balaban J connectivity index is 1.78. The third-order valence-corrected chi connectivity index (χ3v) is 6.92. The van der Waals surface area contributed by atoms with Crippen LogP contribution in [0.25, 0.3) is 0 Å². The van der Waals surface area contributed by atoms with Crippen LogP contribution in [0.3, 0.4) is 0 Å². The summed E-state index contributed by atoms with van der Waals surface area (Å²) >= 11 is 0. The first kappa shape index (κ1) is 17.8. The minimum absolute atomic E-state index is 0.108. The lowest BCUT2D eigenvalue weighted by Crippen LogP contribution is -2.49. The van der Waals surface area contributed by atoms with Crippen molar-refractivity contribution < 1.29 is 23.0 Å². The van der Waals surface area contributed by atoms with Crippen LogP contribution in [0.1, 0.15) is 24.8 Å². The van der Waals surface area contributed by atoms with Crippen LogP contribution in [0.5, 0.6) is 0 Å². The van der Waals surface area contributed by atoms with Crippen molar-refractivity contribution in [3.63, 3.8) is 0 Å². The topological polar surface area (TPSA) is 76.1 Å². The Morgan fingerprint density at radius 3 is 2.38 bits per heavy atom. The van der Waals surface area contributed by atoms with Gasteiger partial charge in [0.1, 0.15) is 0 Å². The Morgan fingerprint density at radius 1 is 1.12 bits per heavy atom. The Morgan fingerprint density at radius 2 is 1.75 bits per heavy atom. The van der Waals surface area contributed by atoms with Crippen LogP contribution in [0.2, 0.25) is 0 Å². The van der Waals surface area contributed by atoms with Crippen LogP contribution in [0, 0.1) is 12.8 Å². The normalized spacial score (nSPS) is 29.2. The largest absolute Gasteiger partial charge is 0.391 e. The van der Waals surface area contributed by atoms with Crippen molar-refractivity contribution in [2.45, 2.75) is 49.5 Å². The van der Waals surface area contributed by atoms with Crippen LogP contribution in [-0.4, -0.2) is 56.5 Å². The Bertz CT molecular complexity index is 654. The Kier molecular flexibility index (Phi) is 5.27. The number of hydrogen-bond donors (Lipinski definition) is 1. The smallest absolute Gasteiger partial charge is 0.243 e. The van der Waals surface area contributed by atoms with Crippen LogP contribution in [-0.2, 0) is 19.5 Å². The summed E-state index contributed by atoms with van der Waals surface area (Å²) in [5, 5.41) is 10.4. The SMILES string of the molecule is Cc1ccc(S(=O)(=O)N(C)[C@@H]2C[C@@H](C3OCCO3)CC[C@@H]2O)cc1. The van der Waals surface area contributed by atoms with E-state index in [1.54, 1.807) is 31.3 Å². The number of aliphatic hydroxyl groups is 1. The average Bonchev–Trinajstić information content (AvgIpc) is 3.09. The quantitative estimate of drug-likeness (QED) is 0.886. The molecule has 0 radical (unpaired) electrons. The van der Waals surface area contributed by atoms with Gasteiger partial charge in [0.15, 0.2) is 6.29 Å². The maximum Gasteiger partial charge on any atom is 0.243 e. The van der Waals surface area contributed by atoms with Crippen LogP contribution >= 0.6 is 0 Å². The van der Waals surface area contributed by atoms with E-state index in [0.717, 1.165) is 12.0 Å². The van der Waals surface area contributed by atoms with Crippen molar-refractivity contribution in [3.8, 4) is 0 Å². The van der Waals surface area contributed by atoms with Gasteiger partial charge in [-0.2, -0.15) is 4.31 Å². The molecule has 24 heavy (non-hydrogen) atoms. The molecule has 3 rings (SSSR count). The van der Waals surface area contributed by atoms with E-state index in [1.807, 2.05) is 6.92 Å². The number of sulfonamides is 1. The van der Waals surface area contributed by atoms with Crippen molar-refractivity contribution in [1.29, 1.82) is 0 Å². The molecule has 1 aromatic carbocycles. The summed E-state index contributed by atoms with van der Waals surface area (Å²) in [5.41, 5.74) is 1.00. The molecule has 1 saturated carbocycles. The third kappa shape index (κ3) is 3.50. The number of ether oxygens (including phenoxy) is 2. The zero-order valence-corrected chi connectivity index (χ0v) is 14.9. The first-order chi connectivity index (χ1) is 11.4. The molecule has 1 aliphatic heterocycles. The summed E-state index contributed by atoms with van der Waals surface area (Å²) < 4.78 is 38.2. The number of likely N-dealkylation sites (N-methyl/N-ethyl adjacent to an activating group) is 1. The predicted molar refractivity (Wildman–Crippen MR) is 89.0 cm³/mol. The molecule has 1 aromatic rings. The molecule has 0 spiro atoms. The molecule has 0 amide bonds. The molecule has 2 fully saturated rings. The maximum absolute atomic E-state index is 12.9. The highest BCUT2D eigenvalue weighted by molar-refractivity contribution is 7.89. The van der Waals surface area contributed by atoms with Gasteiger partial charge >= 0.3 is 0 Å². The fourth-order valence-corrected chi connectivity index (χ4v) is 4.90. The summed E-state index contributed by atoms with van der Waals surface area (Å²) in [6.07, 6.45) is 0.906. The second-order valence-electron chi connectivity index (χ2n) is 6.65. The molecule has 1 N–H and O–H groups in total. The minimum Gasteiger partial charge on any atom is -0.391 e. The van der Waals surface area contributed by atoms with E-state index < -0.39 is 22.2 Å². The molecular weight excluding hydrogens is 330 g/mol. The second-order valence-corrected chi connectivity index (χ2v) is 8.65. The van der Waals surface area contributed by atoms with E-state index in [4.69, 9.17) is 9.47 Å². The van der Waals surface area contributed by atoms with Gasteiger partial charge in [0.25, 0.3) is 0 Å². The van der Waals surface area contributed by atoms with Gasteiger partial charge in [-0.1, -0.05) is 17.7 Å². The second kappa shape index (κ2) is 7.09. The van der Waals surface area contributed by atoms with Gasteiger partial charge in [0, 0.05) is 13.0 Å². The van der Waals surface area contributed by atoms with Crippen LogP contribution in [0.4, 0.5) is 0 Å². The summed E-state index contributed by atoms with van der Waals surface area (Å²) in [6.45, 7) is 3.06. The third-order valence-electron chi connectivity index (χ3n) is 5.02. The van der Waals surface area contributed by atoms with Crippen molar-refractivity contribution in [1.82, 2.24) is 4.31 Å². The first-order valence-corrected chi connectivity index (χ1v) is 9.79. The molecule has 1 heterocycles. The van der Waals surface area contributed by atoms with Crippen LogP contribution in [0.15, 0.2) is 29.2 Å². The molecule has 3 atom stereocenters. The molecule has 0 bridgehead atoms. The van der Waals surface area contributed by atoms with Crippen LogP contribution < -0.4 is 0 Å². The Labute approximate surface area is 143 Å². The maximum atomic E-state index is 12.9. The van der Waals surface area contributed by atoms with E-state index in [9.17, 15) is 13.5 Å². The molecule has 1 saturated heterocycles. The molecule has 7 heteroatoms. The van der Waals surface area contributed by atoms with E-state index in [2.05, 4.69) is 0 Å². The first-order valence-electron chi connectivity index (χ1n) is 8.35. The van der Waals surface area contributed by atoms with E-state index in [-0.39, 0.29) is 17.1 Å². The number of nitrogens with zero attached hydrogens (tertiary/aromatic N) is 1. The van der Waals surface area contributed by atoms with Gasteiger partial charge in [0.05, 0.1) is 30.3 Å². The lowest BCUT2D eigenvalue weighted by molar-refractivity contribution is -0.108. The molecule has 1 aliphatic carbocycles. The molecule has 0 unspecified atom stereocenters. The number of aliphatic hydroxyl groups excluding tert-OH is 1. The fourth-order valence-electron chi connectivity index (χ4n) is 3.50. The van der Waals surface area contributed by atoms with Crippen molar-refractivity contribution in [3.05, 3.63) is 29.8 Å². The number of hydrogen-bond acceptors (Lipinski definition) is 5. The monoisotopic (exact) mass is 355 g/mol.